The maximum atomic E-state index is 11.6. The molecule has 1 aliphatic heterocycles. The normalized spacial score (nSPS) is 23.3. The second-order valence-corrected chi connectivity index (χ2v) is 4.59. The smallest absolute Gasteiger partial charge is 0.232 e. The van der Waals surface area contributed by atoms with Crippen LogP contribution in [0.2, 0.25) is 0 Å². The standard InChI is InChI=1S/C12H21NO3/c1-4-9(5-2)10(14)7-13-11(15)6-8(3)12(13)16/h8-10,14H,4-7H2,1-3H3. The van der Waals surface area contributed by atoms with E-state index in [2.05, 4.69) is 0 Å². The highest BCUT2D eigenvalue weighted by molar-refractivity contribution is 6.03. The highest BCUT2D eigenvalue weighted by Gasteiger charge is 2.37. The van der Waals surface area contributed by atoms with Gasteiger partial charge in [-0.15, -0.1) is 0 Å². The third-order valence-electron chi connectivity index (χ3n) is 3.43. The van der Waals surface area contributed by atoms with Gasteiger partial charge >= 0.3 is 0 Å². The molecule has 16 heavy (non-hydrogen) atoms. The van der Waals surface area contributed by atoms with Gasteiger partial charge in [-0.2, -0.15) is 0 Å². The molecule has 0 aromatic heterocycles. The molecular formula is C12H21NO3. The van der Waals surface area contributed by atoms with Gasteiger partial charge in [-0.05, 0) is 5.92 Å². The number of β-amino-alcohol motifs (C(OH)–C–C–N with tert-alkyl or cyclic N) is 1. The Morgan fingerprint density at radius 2 is 1.94 bits per heavy atom. The first kappa shape index (κ1) is 13.2. The van der Waals surface area contributed by atoms with E-state index in [0.29, 0.717) is 0 Å². The molecule has 2 unspecified atom stereocenters. The van der Waals surface area contributed by atoms with E-state index >= 15 is 0 Å². The van der Waals surface area contributed by atoms with Gasteiger partial charge < -0.3 is 5.11 Å². The third-order valence-corrected chi connectivity index (χ3v) is 3.43. The topological polar surface area (TPSA) is 57.6 Å². The summed E-state index contributed by atoms with van der Waals surface area (Å²) in [6.07, 6.45) is 1.43. The summed E-state index contributed by atoms with van der Waals surface area (Å²) in [4.78, 5) is 24.4. The maximum Gasteiger partial charge on any atom is 0.232 e. The molecule has 0 radical (unpaired) electrons. The first-order valence-electron chi connectivity index (χ1n) is 6.03. The largest absolute Gasteiger partial charge is 0.391 e. The molecule has 0 bridgehead atoms. The zero-order chi connectivity index (χ0) is 12.3. The van der Waals surface area contributed by atoms with E-state index in [-0.39, 0.29) is 36.6 Å². The molecule has 4 heteroatoms. The van der Waals surface area contributed by atoms with Crippen molar-refractivity contribution in [1.82, 2.24) is 4.90 Å². The monoisotopic (exact) mass is 227 g/mol. The molecule has 0 aliphatic carbocycles. The van der Waals surface area contributed by atoms with E-state index in [0.717, 1.165) is 12.8 Å². The van der Waals surface area contributed by atoms with E-state index < -0.39 is 6.10 Å². The molecule has 1 rings (SSSR count). The number of aliphatic hydroxyl groups is 1. The van der Waals surface area contributed by atoms with Crippen molar-refractivity contribution in [3.63, 3.8) is 0 Å². The molecule has 0 aromatic carbocycles. The number of carbonyl (C=O) groups excluding carboxylic acids is 2. The molecule has 92 valence electrons. The van der Waals surface area contributed by atoms with Crippen LogP contribution in [0.25, 0.3) is 0 Å². The number of hydrogen-bond donors (Lipinski definition) is 1. The van der Waals surface area contributed by atoms with E-state index in [1.54, 1.807) is 6.92 Å². The van der Waals surface area contributed by atoms with Gasteiger partial charge in [0.2, 0.25) is 11.8 Å². The van der Waals surface area contributed by atoms with Gasteiger partial charge in [-0.25, -0.2) is 0 Å². The Bertz CT molecular complexity index is 273. The minimum absolute atomic E-state index is 0.144. The first-order chi connectivity index (χ1) is 7.51. The molecule has 2 amide bonds. The predicted molar refractivity (Wildman–Crippen MR) is 60.6 cm³/mol. The highest BCUT2D eigenvalue weighted by Crippen LogP contribution is 2.21. The summed E-state index contributed by atoms with van der Waals surface area (Å²) in [6, 6.07) is 0. The quantitative estimate of drug-likeness (QED) is 0.717. The van der Waals surface area contributed by atoms with Crippen molar-refractivity contribution in [3.05, 3.63) is 0 Å². The summed E-state index contributed by atoms with van der Waals surface area (Å²) >= 11 is 0. The summed E-state index contributed by atoms with van der Waals surface area (Å²) in [5.74, 6) is -0.351. The van der Waals surface area contributed by atoms with Gasteiger partial charge in [0, 0.05) is 12.3 Å². The molecule has 0 aromatic rings. The molecule has 0 saturated carbocycles. The number of likely N-dealkylation sites (tertiary alicyclic amines) is 1. The zero-order valence-corrected chi connectivity index (χ0v) is 10.3. The Morgan fingerprint density at radius 1 is 1.38 bits per heavy atom. The van der Waals surface area contributed by atoms with Crippen LogP contribution >= 0.6 is 0 Å². The Hall–Kier alpha value is -0.900. The van der Waals surface area contributed by atoms with Crippen molar-refractivity contribution in [2.75, 3.05) is 6.54 Å². The van der Waals surface area contributed by atoms with Crippen LogP contribution < -0.4 is 0 Å². The molecule has 4 nitrogen and oxygen atoms in total. The molecule has 1 heterocycles. The lowest BCUT2D eigenvalue weighted by molar-refractivity contribution is -0.141. The number of amides is 2. The Labute approximate surface area is 96.6 Å². The summed E-state index contributed by atoms with van der Waals surface area (Å²) in [5, 5.41) is 9.95. The summed E-state index contributed by atoms with van der Waals surface area (Å²) < 4.78 is 0. The van der Waals surface area contributed by atoms with Crippen molar-refractivity contribution in [1.29, 1.82) is 0 Å². The third kappa shape index (κ3) is 2.61. The lowest BCUT2D eigenvalue weighted by Gasteiger charge is -2.24. The Morgan fingerprint density at radius 3 is 2.31 bits per heavy atom. The average molecular weight is 227 g/mol. The SMILES string of the molecule is CCC(CC)C(O)CN1C(=O)CC(C)C1=O. The van der Waals surface area contributed by atoms with Crippen LogP contribution in [-0.4, -0.2) is 34.5 Å². The van der Waals surface area contributed by atoms with Gasteiger partial charge in [0.15, 0.2) is 0 Å². The zero-order valence-electron chi connectivity index (χ0n) is 10.3. The summed E-state index contributed by atoms with van der Waals surface area (Å²) in [5.41, 5.74) is 0. The van der Waals surface area contributed by atoms with Crippen molar-refractivity contribution in [3.8, 4) is 0 Å². The van der Waals surface area contributed by atoms with E-state index in [1.165, 1.54) is 4.90 Å². The minimum Gasteiger partial charge on any atom is -0.391 e. The molecule has 0 spiro atoms. The number of rotatable bonds is 5. The summed E-state index contributed by atoms with van der Waals surface area (Å²) in [6.45, 7) is 5.93. The van der Waals surface area contributed by atoms with Gasteiger partial charge in [0.25, 0.3) is 0 Å². The molecule has 2 atom stereocenters. The lowest BCUT2D eigenvalue weighted by atomic mass is 9.96. The molecule has 1 N–H and O–H groups in total. The van der Waals surface area contributed by atoms with Crippen molar-refractivity contribution in [2.24, 2.45) is 11.8 Å². The fourth-order valence-electron chi connectivity index (χ4n) is 2.21. The van der Waals surface area contributed by atoms with E-state index in [9.17, 15) is 14.7 Å². The molecule has 1 fully saturated rings. The summed E-state index contributed by atoms with van der Waals surface area (Å²) in [7, 11) is 0. The number of imide groups is 1. The van der Waals surface area contributed by atoms with Gasteiger partial charge in [0.1, 0.15) is 0 Å². The van der Waals surface area contributed by atoms with Crippen LogP contribution in [0.5, 0.6) is 0 Å². The van der Waals surface area contributed by atoms with Crippen LogP contribution in [0.4, 0.5) is 0 Å². The maximum absolute atomic E-state index is 11.6. The fourth-order valence-corrected chi connectivity index (χ4v) is 2.21. The Balaban J connectivity index is 2.60. The van der Waals surface area contributed by atoms with Crippen LogP contribution in [0, 0.1) is 11.8 Å². The van der Waals surface area contributed by atoms with E-state index in [4.69, 9.17) is 0 Å². The van der Waals surface area contributed by atoms with Crippen LogP contribution in [-0.2, 0) is 9.59 Å². The second-order valence-electron chi connectivity index (χ2n) is 4.59. The molecule has 1 aliphatic rings. The Kier molecular flexibility index (Phi) is 4.47. The van der Waals surface area contributed by atoms with Gasteiger partial charge in [-0.1, -0.05) is 33.6 Å². The second kappa shape index (κ2) is 5.43. The van der Waals surface area contributed by atoms with Gasteiger partial charge in [0.05, 0.1) is 12.6 Å². The molecular weight excluding hydrogens is 206 g/mol. The van der Waals surface area contributed by atoms with Crippen molar-refractivity contribution in [2.45, 2.75) is 46.1 Å². The average Bonchev–Trinajstić information content (AvgIpc) is 2.47. The predicted octanol–water partition coefficient (Wildman–Crippen LogP) is 1.18. The fraction of sp³-hybridized carbons (Fsp3) is 0.833. The lowest BCUT2D eigenvalue weighted by Crippen LogP contribution is -2.40. The number of hydrogen-bond acceptors (Lipinski definition) is 3. The van der Waals surface area contributed by atoms with Crippen molar-refractivity contribution < 1.29 is 14.7 Å². The molecule has 1 saturated heterocycles. The highest BCUT2D eigenvalue weighted by atomic mass is 16.3. The first-order valence-corrected chi connectivity index (χ1v) is 6.03. The number of nitrogens with zero attached hydrogens (tertiary/aromatic N) is 1. The van der Waals surface area contributed by atoms with Crippen LogP contribution in [0.1, 0.15) is 40.0 Å². The number of carbonyl (C=O) groups is 2. The van der Waals surface area contributed by atoms with Crippen LogP contribution in [0.3, 0.4) is 0 Å². The van der Waals surface area contributed by atoms with E-state index in [1.807, 2.05) is 13.8 Å². The van der Waals surface area contributed by atoms with Crippen LogP contribution in [0.15, 0.2) is 0 Å². The number of aliphatic hydroxyl groups excluding tert-OH is 1. The minimum atomic E-state index is -0.590. The van der Waals surface area contributed by atoms with Gasteiger partial charge in [-0.3, -0.25) is 14.5 Å². The van der Waals surface area contributed by atoms with Crippen molar-refractivity contribution >= 4 is 11.8 Å².